The van der Waals surface area contributed by atoms with Gasteiger partial charge >= 0.3 is 0 Å². The van der Waals surface area contributed by atoms with Crippen LogP contribution < -0.4 is 5.32 Å². The van der Waals surface area contributed by atoms with Crippen LogP contribution in [0.2, 0.25) is 0 Å². The Hall–Kier alpha value is -1.89. The highest BCUT2D eigenvalue weighted by atomic mass is 32.2. The van der Waals surface area contributed by atoms with Crippen molar-refractivity contribution in [3.8, 4) is 0 Å². The van der Waals surface area contributed by atoms with Crippen molar-refractivity contribution in [1.29, 1.82) is 0 Å². The molecule has 6 nitrogen and oxygen atoms in total. The van der Waals surface area contributed by atoms with Gasteiger partial charge in [0, 0.05) is 16.5 Å². The first kappa shape index (κ1) is 14.5. The third kappa shape index (κ3) is 4.06. The summed E-state index contributed by atoms with van der Waals surface area (Å²) >= 11 is 1.61. The summed E-state index contributed by atoms with van der Waals surface area (Å²) in [6, 6.07) is 3.44. The lowest BCUT2D eigenvalue weighted by molar-refractivity contribution is 0.102. The molecule has 1 amide bonds. The minimum Gasteiger partial charge on any atom is -0.289 e. The standard InChI is InChI=1S/C13H17N5OS/c1-8-15-12(18-17-8)16-11(19)9-5-6-14-10(7-9)20-13(2,3)4/h5-7H,1-4H3,(H2,15,16,17,18,19). The molecule has 2 heterocycles. The quantitative estimate of drug-likeness (QED) is 0.849. The molecule has 0 bridgehead atoms. The average Bonchev–Trinajstić information content (AvgIpc) is 2.73. The molecule has 0 fully saturated rings. The molecule has 2 aromatic heterocycles. The van der Waals surface area contributed by atoms with E-state index in [4.69, 9.17) is 0 Å². The molecule has 0 aliphatic rings. The largest absolute Gasteiger partial charge is 0.289 e. The normalized spacial score (nSPS) is 11.4. The summed E-state index contributed by atoms with van der Waals surface area (Å²) in [6.07, 6.45) is 1.63. The summed E-state index contributed by atoms with van der Waals surface area (Å²) in [5.41, 5.74) is 0.536. The van der Waals surface area contributed by atoms with Crippen molar-refractivity contribution in [2.45, 2.75) is 37.5 Å². The van der Waals surface area contributed by atoms with Gasteiger partial charge in [0.2, 0.25) is 5.95 Å². The van der Waals surface area contributed by atoms with E-state index in [9.17, 15) is 4.79 Å². The summed E-state index contributed by atoms with van der Waals surface area (Å²) in [5, 5.41) is 10.0. The number of H-pyrrole nitrogens is 1. The number of hydrogen-bond donors (Lipinski definition) is 2. The van der Waals surface area contributed by atoms with E-state index in [1.165, 1.54) is 0 Å². The fourth-order valence-electron chi connectivity index (χ4n) is 1.49. The maximum absolute atomic E-state index is 12.1. The van der Waals surface area contributed by atoms with Crippen LogP contribution in [-0.4, -0.2) is 30.8 Å². The molecule has 2 aromatic rings. The Morgan fingerprint density at radius 2 is 2.15 bits per heavy atom. The lowest BCUT2D eigenvalue weighted by Gasteiger charge is -2.16. The number of nitrogens with zero attached hydrogens (tertiary/aromatic N) is 3. The van der Waals surface area contributed by atoms with Crippen molar-refractivity contribution in [2.75, 3.05) is 5.32 Å². The first-order valence-electron chi connectivity index (χ1n) is 6.19. The fraction of sp³-hybridized carbons (Fsp3) is 0.385. The summed E-state index contributed by atoms with van der Waals surface area (Å²) in [6.45, 7) is 8.07. The zero-order chi connectivity index (χ0) is 14.8. The highest BCUT2D eigenvalue weighted by Gasteiger charge is 2.15. The van der Waals surface area contributed by atoms with E-state index >= 15 is 0 Å². The number of rotatable bonds is 3. The van der Waals surface area contributed by atoms with Gasteiger partial charge in [-0.1, -0.05) is 20.8 Å². The molecule has 0 spiro atoms. The zero-order valence-electron chi connectivity index (χ0n) is 11.9. The van der Waals surface area contributed by atoms with Gasteiger partial charge in [0.25, 0.3) is 5.91 Å². The lowest BCUT2D eigenvalue weighted by Crippen LogP contribution is -2.14. The van der Waals surface area contributed by atoms with Crippen molar-refractivity contribution >= 4 is 23.6 Å². The summed E-state index contributed by atoms with van der Waals surface area (Å²) < 4.78 is 0.0446. The van der Waals surface area contributed by atoms with Gasteiger partial charge < -0.3 is 0 Å². The number of pyridine rings is 1. The van der Waals surface area contributed by atoms with Crippen molar-refractivity contribution in [1.82, 2.24) is 20.2 Å². The van der Waals surface area contributed by atoms with Gasteiger partial charge in [-0.2, -0.15) is 4.98 Å². The van der Waals surface area contributed by atoms with Gasteiger partial charge in [-0.3, -0.25) is 15.2 Å². The first-order valence-corrected chi connectivity index (χ1v) is 7.00. The number of amides is 1. The number of hydrogen-bond acceptors (Lipinski definition) is 5. The van der Waals surface area contributed by atoms with Crippen LogP contribution in [0.5, 0.6) is 0 Å². The number of carbonyl (C=O) groups is 1. The maximum atomic E-state index is 12.1. The van der Waals surface area contributed by atoms with Crippen LogP contribution in [-0.2, 0) is 0 Å². The van der Waals surface area contributed by atoms with Gasteiger partial charge in [-0.25, -0.2) is 4.98 Å². The minimum atomic E-state index is -0.248. The van der Waals surface area contributed by atoms with Gasteiger partial charge in [0.05, 0.1) is 5.03 Å². The molecule has 0 atom stereocenters. The number of aryl methyl sites for hydroxylation is 1. The predicted molar refractivity (Wildman–Crippen MR) is 78.9 cm³/mol. The van der Waals surface area contributed by atoms with Crippen LogP contribution in [0.4, 0.5) is 5.95 Å². The van der Waals surface area contributed by atoms with E-state index in [-0.39, 0.29) is 16.6 Å². The second kappa shape index (κ2) is 5.62. The van der Waals surface area contributed by atoms with Crippen LogP contribution in [0, 0.1) is 6.92 Å². The first-order chi connectivity index (χ1) is 9.33. The Kier molecular flexibility index (Phi) is 4.08. The second-order valence-corrected chi connectivity index (χ2v) is 7.14. The molecule has 0 aliphatic heterocycles. The van der Waals surface area contributed by atoms with Gasteiger partial charge in [0.1, 0.15) is 5.82 Å². The summed E-state index contributed by atoms with van der Waals surface area (Å²) in [5.74, 6) is 0.676. The molecule has 0 unspecified atom stereocenters. The molecule has 0 saturated heterocycles. The Labute approximate surface area is 121 Å². The number of aromatic nitrogens is 4. The fourth-order valence-corrected chi connectivity index (χ4v) is 2.42. The van der Waals surface area contributed by atoms with Gasteiger partial charge in [-0.15, -0.1) is 16.9 Å². The number of nitrogens with one attached hydrogen (secondary N) is 2. The van der Waals surface area contributed by atoms with Crippen LogP contribution in [0.25, 0.3) is 0 Å². The molecular weight excluding hydrogens is 274 g/mol. The van der Waals surface area contributed by atoms with Crippen LogP contribution in [0.3, 0.4) is 0 Å². The van der Waals surface area contributed by atoms with E-state index in [0.29, 0.717) is 11.4 Å². The second-order valence-electron chi connectivity index (χ2n) is 5.30. The molecule has 20 heavy (non-hydrogen) atoms. The number of aromatic amines is 1. The molecule has 2 N–H and O–H groups in total. The van der Waals surface area contributed by atoms with Crippen molar-refractivity contribution in [2.24, 2.45) is 0 Å². The predicted octanol–water partition coefficient (Wildman–Crippen LogP) is 2.65. The monoisotopic (exact) mass is 291 g/mol. The lowest BCUT2D eigenvalue weighted by atomic mass is 10.2. The third-order valence-corrected chi connectivity index (χ3v) is 3.28. The molecule has 0 radical (unpaired) electrons. The molecule has 7 heteroatoms. The van der Waals surface area contributed by atoms with E-state index < -0.39 is 0 Å². The molecule has 0 aromatic carbocycles. The topological polar surface area (TPSA) is 83.6 Å². The highest BCUT2D eigenvalue weighted by molar-refractivity contribution is 8.00. The SMILES string of the molecule is Cc1nc(NC(=O)c2ccnc(SC(C)(C)C)c2)n[nH]1. The average molecular weight is 291 g/mol. The minimum absolute atomic E-state index is 0.0446. The molecule has 2 rings (SSSR count). The molecule has 106 valence electrons. The summed E-state index contributed by atoms with van der Waals surface area (Å²) in [4.78, 5) is 20.4. The Bertz CT molecular complexity index is 617. The zero-order valence-corrected chi connectivity index (χ0v) is 12.7. The summed E-state index contributed by atoms with van der Waals surface area (Å²) in [7, 11) is 0. The molecule has 0 aliphatic carbocycles. The van der Waals surface area contributed by atoms with Crippen molar-refractivity contribution < 1.29 is 4.79 Å². The van der Waals surface area contributed by atoms with Crippen molar-refractivity contribution in [3.05, 3.63) is 29.7 Å². The van der Waals surface area contributed by atoms with E-state index in [1.807, 2.05) is 0 Å². The number of carbonyl (C=O) groups excluding carboxylic acids is 1. The van der Waals surface area contributed by atoms with Crippen LogP contribution in [0.1, 0.15) is 37.0 Å². The number of thioether (sulfide) groups is 1. The smallest absolute Gasteiger partial charge is 0.258 e. The Balaban J connectivity index is 2.12. The molecule has 0 saturated carbocycles. The Morgan fingerprint density at radius 1 is 1.40 bits per heavy atom. The van der Waals surface area contributed by atoms with Crippen LogP contribution in [0.15, 0.2) is 23.4 Å². The molecular formula is C13H17N5OS. The Morgan fingerprint density at radius 3 is 2.75 bits per heavy atom. The van der Waals surface area contributed by atoms with Crippen LogP contribution >= 0.6 is 11.8 Å². The maximum Gasteiger partial charge on any atom is 0.258 e. The van der Waals surface area contributed by atoms with E-state index in [2.05, 4.69) is 46.3 Å². The van der Waals surface area contributed by atoms with E-state index in [0.717, 1.165) is 5.03 Å². The van der Waals surface area contributed by atoms with Gasteiger partial charge in [-0.05, 0) is 19.1 Å². The number of anilines is 1. The highest BCUT2D eigenvalue weighted by Crippen LogP contribution is 2.30. The van der Waals surface area contributed by atoms with Crippen molar-refractivity contribution in [3.63, 3.8) is 0 Å². The van der Waals surface area contributed by atoms with E-state index in [1.54, 1.807) is 37.0 Å². The van der Waals surface area contributed by atoms with Gasteiger partial charge in [0.15, 0.2) is 0 Å². The third-order valence-electron chi connectivity index (χ3n) is 2.23.